The Labute approximate surface area is 125 Å². The molecule has 0 spiro atoms. The minimum absolute atomic E-state index is 0.00924. The fourth-order valence-electron chi connectivity index (χ4n) is 2.58. The lowest BCUT2D eigenvalue weighted by Gasteiger charge is -2.41. The minimum Gasteiger partial charge on any atom is -0.484 e. The quantitative estimate of drug-likeness (QED) is 0.626. The van der Waals surface area contributed by atoms with E-state index in [2.05, 4.69) is 32.6 Å². The molecule has 0 N–H and O–H groups in total. The summed E-state index contributed by atoms with van der Waals surface area (Å²) in [7, 11) is 0. The lowest BCUT2D eigenvalue weighted by atomic mass is 10.0. The number of Topliss-reactive ketones (excluding diaryl/α,β-unsaturated/α-hetero) is 1. The molecule has 3 nitrogen and oxygen atoms in total. The first kappa shape index (κ1) is 15.2. The van der Waals surface area contributed by atoms with E-state index >= 15 is 0 Å². The molecule has 110 valence electrons. The third-order valence-electron chi connectivity index (χ3n) is 3.29. The molecular weight excluding hydrogens is 274 g/mol. The molecule has 0 aliphatic carbocycles. The summed E-state index contributed by atoms with van der Waals surface area (Å²) in [6.07, 6.45) is 0. The second kappa shape index (κ2) is 5.65. The topological polar surface area (TPSA) is 29.5 Å². The number of ketones is 1. The molecule has 0 unspecified atom stereocenters. The number of rotatable bonds is 4. The van der Waals surface area contributed by atoms with Crippen molar-refractivity contribution < 1.29 is 9.53 Å². The zero-order valence-corrected chi connectivity index (χ0v) is 13.3. The summed E-state index contributed by atoms with van der Waals surface area (Å²) in [5.41, 5.74) is 1.42. The summed E-state index contributed by atoms with van der Waals surface area (Å²) >= 11 is 5.64. The van der Waals surface area contributed by atoms with Gasteiger partial charge in [0.15, 0.2) is 5.78 Å². The normalized spacial score (nSPS) is 16.8. The van der Waals surface area contributed by atoms with Crippen molar-refractivity contribution in [2.24, 2.45) is 5.92 Å². The molecular formula is C16H22ClNO2. The molecule has 0 saturated heterocycles. The van der Waals surface area contributed by atoms with E-state index < -0.39 is 0 Å². The standard InChI is InChI=1S/C16H22ClNO2/c1-11(2)9-18-10-16(3,4)20-15-6-5-12(7-13(15)18)14(19)8-17/h5-7,11H,8-10H2,1-4H3. The van der Waals surface area contributed by atoms with Crippen molar-refractivity contribution in [3.8, 4) is 5.75 Å². The zero-order chi connectivity index (χ0) is 14.9. The average molecular weight is 296 g/mol. The van der Waals surface area contributed by atoms with E-state index in [0.29, 0.717) is 11.5 Å². The molecule has 0 aromatic heterocycles. The molecule has 1 aliphatic heterocycles. The fraction of sp³-hybridized carbons (Fsp3) is 0.562. The van der Waals surface area contributed by atoms with E-state index in [0.717, 1.165) is 24.5 Å². The smallest absolute Gasteiger partial charge is 0.177 e. The van der Waals surface area contributed by atoms with Gasteiger partial charge in [0.05, 0.1) is 18.1 Å². The maximum absolute atomic E-state index is 11.8. The van der Waals surface area contributed by atoms with Gasteiger partial charge in [-0.1, -0.05) is 13.8 Å². The first-order valence-electron chi connectivity index (χ1n) is 6.99. The Morgan fingerprint density at radius 1 is 1.45 bits per heavy atom. The van der Waals surface area contributed by atoms with Crippen LogP contribution in [0.4, 0.5) is 5.69 Å². The number of nitrogens with zero attached hydrogens (tertiary/aromatic N) is 1. The van der Waals surface area contributed by atoms with Crippen LogP contribution in [-0.4, -0.2) is 30.4 Å². The van der Waals surface area contributed by atoms with Crippen LogP contribution in [0.25, 0.3) is 0 Å². The second-order valence-corrected chi connectivity index (χ2v) is 6.64. The largest absolute Gasteiger partial charge is 0.484 e. The monoisotopic (exact) mass is 295 g/mol. The van der Waals surface area contributed by atoms with Crippen molar-refractivity contribution in [3.63, 3.8) is 0 Å². The van der Waals surface area contributed by atoms with Crippen molar-refractivity contribution in [2.45, 2.75) is 33.3 Å². The van der Waals surface area contributed by atoms with Crippen molar-refractivity contribution >= 4 is 23.1 Å². The molecule has 1 aromatic rings. The predicted octanol–water partition coefficient (Wildman–Crippen LogP) is 3.74. The van der Waals surface area contributed by atoms with Crippen LogP contribution in [-0.2, 0) is 0 Å². The van der Waals surface area contributed by atoms with Crippen LogP contribution in [0.1, 0.15) is 38.1 Å². The molecule has 0 fully saturated rings. The molecule has 20 heavy (non-hydrogen) atoms. The highest BCUT2D eigenvalue weighted by Gasteiger charge is 2.32. The maximum atomic E-state index is 11.8. The predicted molar refractivity (Wildman–Crippen MR) is 83.3 cm³/mol. The van der Waals surface area contributed by atoms with Crippen molar-refractivity contribution in [3.05, 3.63) is 23.8 Å². The number of anilines is 1. The van der Waals surface area contributed by atoms with Crippen LogP contribution in [0.15, 0.2) is 18.2 Å². The minimum atomic E-state index is -0.222. The third-order valence-corrected chi connectivity index (χ3v) is 3.53. The highest BCUT2D eigenvalue weighted by atomic mass is 35.5. The number of hydrogen-bond acceptors (Lipinski definition) is 3. The van der Waals surface area contributed by atoms with Gasteiger partial charge in [-0.3, -0.25) is 4.79 Å². The van der Waals surface area contributed by atoms with Crippen LogP contribution in [0.2, 0.25) is 0 Å². The molecule has 0 bridgehead atoms. The summed E-state index contributed by atoms with van der Waals surface area (Å²) in [5.74, 6) is 1.34. The van der Waals surface area contributed by atoms with Gasteiger partial charge in [-0.05, 0) is 38.0 Å². The number of carbonyl (C=O) groups excluding carboxylic acids is 1. The van der Waals surface area contributed by atoms with Gasteiger partial charge in [-0.15, -0.1) is 11.6 Å². The van der Waals surface area contributed by atoms with E-state index in [9.17, 15) is 4.79 Å². The molecule has 1 aromatic carbocycles. The van der Waals surface area contributed by atoms with Gasteiger partial charge in [-0.2, -0.15) is 0 Å². The van der Waals surface area contributed by atoms with E-state index in [1.807, 2.05) is 12.1 Å². The number of halogens is 1. The Hall–Kier alpha value is -1.22. The SMILES string of the molecule is CC(C)CN1CC(C)(C)Oc2ccc(C(=O)CCl)cc21. The second-order valence-electron chi connectivity index (χ2n) is 6.38. The van der Waals surface area contributed by atoms with Gasteiger partial charge >= 0.3 is 0 Å². The van der Waals surface area contributed by atoms with Crippen molar-refractivity contribution in [1.82, 2.24) is 0 Å². The van der Waals surface area contributed by atoms with Gasteiger partial charge in [0.1, 0.15) is 11.4 Å². The Morgan fingerprint density at radius 2 is 2.15 bits per heavy atom. The Morgan fingerprint density at radius 3 is 2.75 bits per heavy atom. The van der Waals surface area contributed by atoms with Crippen LogP contribution in [0, 0.1) is 5.92 Å². The summed E-state index contributed by atoms with van der Waals surface area (Å²) in [4.78, 5) is 14.1. The van der Waals surface area contributed by atoms with Gasteiger partial charge in [0, 0.05) is 12.1 Å². The van der Waals surface area contributed by atoms with Gasteiger partial charge in [0.25, 0.3) is 0 Å². The van der Waals surface area contributed by atoms with Crippen LogP contribution in [0.5, 0.6) is 5.75 Å². The number of hydrogen-bond donors (Lipinski definition) is 0. The highest BCUT2D eigenvalue weighted by Crippen LogP contribution is 2.38. The number of carbonyl (C=O) groups is 1. The van der Waals surface area contributed by atoms with E-state index in [1.165, 1.54) is 0 Å². The van der Waals surface area contributed by atoms with Gasteiger partial charge in [-0.25, -0.2) is 0 Å². The number of ether oxygens (including phenoxy) is 1. The Bertz CT molecular complexity index is 511. The Balaban J connectivity index is 2.40. The van der Waals surface area contributed by atoms with Crippen LogP contribution < -0.4 is 9.64 Å². The van der Waals surface area contributed by atoms with Crippen molar-refractivity contribution in [2.75, 3.05) is 23.9 Å². The molecule has 0 saturated carbocycles. The molecule has 4 heteroatoms. The lowest BCUT2D eigenvalue weighted by Crippen LogP contribution is -2.48. The van der Waals surface area contributed by atoms with E-state index in [1.54, 1.807) is 6.07 Å². The number of alkyl halides is 1. The summed E-state index contributed by atoms with van der Waals surface area (Å²) in [6.45, 7) is 10.3. The number of benzene rings is 1. The van der Waals surface area contributed by atoms with Crippen LogP contribution in [0.3, 0.4) is 0 Å². The highest BCUT2D eigenvalue weighted by molar-refractivity contribution is 6.30. The lowest BCUT2D eigenvalue weighted by molar-refractivity contribution is 0.101. The third kappa shape index (κ3) is 3.26. The molecule has 2 rings (SSSR count). The molecule has 1 heterocycles. The van der Waals surface area contributed by atoms with E-state index in [4.69, 9.17) is 16.3 Å². The first-order chi connectivity index (χ1) is 9.32. The summed E-state index contributed by atoms with van der Waals surface area (Å²) in [5, 5.41) is 0. The zero-order valence-electron chi connectivity index (χ0n) is 12.6. The fourth-order valence-corrected chi connectivity index (χ4v) is 2.73. The first-order valence-corrected chi connectivity index (χ1v) is 7.53. The maximum Gasteiger partial charge on any atom is 0.177 e. The Kier molecular flexibility index (Phi) is 4.28. The molecule has 0 atom stereocenters. The van der Waals surface area contributed by atoms with Gasteiger partial charge < -0.3 is 9.64 Å². The summed E-state index contributed by atoms with van der Waals surface area (Å²) < 4.78 is 6.01. The number of fused-ring (bicyclic) bond motifs is 1. The molecule has 0 radical (unpaired) electrons. The summed E-state index contributed by atoms with van der Waals surface area (Å²) in [6, 6.07) is 5.57. The molecule has 1 aliphatic rings. The molecule has 0 amide bonds. The van der Waals surface area contributed by atoms with Crippen LogP contribution >= 0.6 is 11.6 Å². The van der Waals surface area contributed by atoms with E-state index in [-0.39, 0.29) is 17.3 Å². The van der Waals surface area contributed by atoms with Crippen molar-refractivity contribution in [1.29, 1.82) is 0 Å². The van der Waals surface area contributed by atoms with Gasteiger partial charge in [0.2, 0.25) is 0 Å². The average Bonchev–Trinajstić information content (AvgIpc) is 2.35.